The number of hydrogen-bond donors (Lipinski definition) is 1. The van der Waals surface area contributed by atoms with Crippen LogP contribution in [0.3, 0.4) is 0 Å². The van der Waals surface area contributed by atoms with Crippen LogP contribution in [0, 0.1) is 0 Å². The number of halogens is 3. The SMILES string of the molecule is O=C(NCc1ccco1)c1ccc(CSc2nc(N3CCOCC3)cc(C(F)(F)F)n2)cc1. The Labute approximate surface area is 192 Å². The molecule has 0 aliphatic carbocycles. The summed E-state index contributed by atoms with van der Waals surface area (Å²) >= 11 is 1.11. The van der Waals surface area contributed by atoms with E-state index >= 15 is 0 Å². The van der Waals surface area contributed by atoms with Crippen molar-refractivity contribution >= 4 is 23.5 Å². The van der Waals surface area contributed by atoms with Crippen molar-refractivity contribution in [2.24, 2.45) is 0 Å². The maximum atomic E-state index is 13.4. The summed E-state index contributed by atoms with van der Waals surface area (Å²) in [7, 11) is 0. The number of nitrogens with one attached hydrogen (secondary N) is 1. The van der Waals surface area contributed by atoms with Crippen molar-refractivity contribution in [2.45, 2.75) is 23.6 Å². The second-order valence-electron chi connectivity index (χ2n) is 7.24. The Kier molecular flexibility index (Phi) is 7.19. The molecule has 0 atom stereocenters. The predicted octanol–water partition coefficient (Wildman–Crippen LogP) is 4.15. The van der Waals surface area contributed by atoms with Gasteiger partial charge in [-0.15, -0.1) is 0 Å². The van der Waals surface area contributed by atoms with Crippen molar-refractivity contribution in [3.63, 3.8) is 0 Å². The van der Waals surface area contributed by atoms with Crippen molar-refractivity contribution in [3.8, 4) is 0 Å². The molecule has 3 aromatic rings. The summed E-state index contributed by atoms with van der Waals surface area (Å²) in [5.41, 5.74) is 0.335. The number of rotatable bonds is 7. The highest BCUT2D eigenvalue weighted by Crippen LogP contribution is 2.32. The molecule has 1 aliphatic heterocycles. The lowest BCUT2D eigenvalue weighted by Gasteiger charge is -2.28. The maximum absolute atomic E-state index is 13.4. The molecular formula is C22H21F3N4O3S. The Morgan fingerprint density at radius 3 is 2.55 bits per heavy atom. The fourth-order valence-electron chi connectivity index (χ4n) is 3.16. The molecule has 174 valence electrons. The number of morpholine rings is 1. The second-order valence-corrected chi connectivity index (χ2v) is 8.18. The molecule has 0 unspecified atom stereocenters. The highest BCUT2D eigenvalue weighted by atomic mass is 32.2. The third-order valence-corrected chi connectivity index (χ3v) is 5.82. The quantitative estimate of drug-likeness (QED) is 0.404. The first-order valence-corrected chi connectivity index (χ1v) is 11.2. The number of ether oxygens (including phenoxy) is 1. The number of amides is 1. The van der Waals surface area contributed by atoms with Gasteiger partial charge in [-0.1, -0.05) is 23.9 Å². The van der Waals surface area contributed by atoms with E-state index < -0.39 is 11.9 Å². The van der Waals surface area contributed by atoms with Crippen LogP contribution in [0.2, 0.25) is 0 Å². The average molecular weight is 478 g/mol. The van der Waals surface area contributed by atoms with Crippen molar-refractivity contribution in [3.05, 3.63) is 71.3 Å². The molecule has 0 bridgehead atoms. The molecule has 33 heavy (non-hydrogen) atoms. The van der Waals surface area contributed by atoms with Gasteiger partial charge in [0, 0.05) is 30.5 Å². The lowest BCUT2D eigenvalue weighted by molar-refractivity contribution is -0.141. The van der Waals surface area contributed by atoms with Crippen LogP contribution in [0.1, 0.15) is 27.4 Å². The standard InChI is InChI=1S/C22H21F3N4O3S/c23-22(24,25)18-12-19(29-7-10-31-11-8-29)28-21(27-18)33-14-15-3-5-16(6-4-15)20(30)26-13-17-2-1-9-32-17/h1-6,9,12H,7-8,10-11,13-14H2,(H,26,30). The van der Waals surface area contributed by atoms with Crippen molar-refractivity contribution in [2.75, 3.05) is 31.2 Å². The van der Waals surface area contributed by atoms with Gasteiger partial charge in [0.15, 0.2) is 10.9 Å². The van der Waals surface area contributed by atoms with E-state index in [9.17, 15) is 18.0 Å². The number of carbonyl (C=O) groups is 1. The lowest BCUT2D eigenvalue weighted by atomic mass is 10.1. The van der Waals surface area contributed by atoms with Crippen LogP contribution in [0.5, 0.6) is 0 Å². The van der Waals surface area contributed by atoms with E-state index in [1.165, 1.54) is 6.26 Å². The molecule has 1 N–H and O–H groups in total. The number of hydrogen-bond acceptors (Lipinski definition) is 7. The number of benzene rings is 1. The van der Waals surface area contributed by atoms with Gasteiger partial charge in [0.2, 0.25) is 0 Å². The summed E-state index contributed by atoms with van der Waals surface area (Å²) in [6.07, 6.45) is -3.03. The third kappa shape index (κ3) is 6.26. The molecular weight excluding hydrogens is 457 g/mol. The van der Waals surface area contributed by atoms with Gasteiger partial charge in [-0.25, -0.2) is 9.97 Å². The molecule has 7 nitrogen and oxygen atoms in total. The predicted molar refractivity (Wildman–Crippen MR) is 116 cm³/mol. The van der Waals surface area contributed by atoms with Crippen molar-refractivity contribution < 1.29 is 27.1 Å². The van der Waals surface area contributed by atoms with Crippen LogP contribution >= 0.6 is 11.8 Å². The Morgan fingerprint density at radius 1 is 1.12 bits per heavy atom. The lowest BCUT2D eigenvalue weighted by Crippen LogP contribution is -2.37. The molecule has 11 heteroatoms. The highest BCUT2D eigenvalue weighted by molar-refractivity contribution is 7.98. The van der Waals surface area contributed by atoms with Crippen LogP contribution in [0.25, 0.3) is 0 Å². The summed E-state index contributed by atoms with van der Waals surface area (Å²) in [6, 6.07) is 11.3. The Bertz CT molecular complexity index is 1070. The summed E-state index contributed by atoms with van der Waals surface area (Å²) in [5, 5.41) is 2.81. The van der Waals surface area contributed by atoms with E-state index in [4.69, 9.17) is 9.15 Å². The zero-order valence-electron chi connectivity index (χ0n) is 17.5. The fraction of sp³-hybridized carbons (Fsp3) is 0.318. The summed E-state index contributed by atoms with van der Waals surface area (Å²) in [4.78, 5) is 22.1. The average Bonchev–Trinajstić information content (AvgIpc) is 3.35. The minimum atomic E-state index is -4.57. The number of alkyl halides is 3. The third-order valence-electron chi connectivity index (χ3n) is 4.90. The number of anilines is 1. The summed E-state index contributed by atoms with van der Waals surface area (Å²) in [5.74, 6) is 1.00. The van der Waals surface area contributed by atoms with E-state index in [0.29, 0.717) is 43.4 Å². The second kappa shape index (κ2) is 10.3. The van der Waals surface area contributed by atoms with Gasteiger partial charge in [-0.3, -0.25) is 4.79 Å². The van der Waals surface area contributed by atoms with Gasteiger partial charge in [0.1, 0.15) is 11.6 Å². The Balaban J connectivity index is 1.40. The Morgan fingerprint density at radius 2 is 1.88 bits per heavy atom. The molecule has 0 radical (unpaired) electrons. The first-order valence-electron chi connectivity index (χ1n) is 10.2. The first-order chi connectivity index (χ1) is 15.9. The largest absolute Gasteiger partial charge is 0.467 e. The van der Waals surface area contributed by atoms with Crippen LogP contribution in [-0.2, 0) is 23.2 Å². The van der Waals surface area contributed by atoms with Gasteiger partial charge in [0.25, 0.3) is 5.91 Å². The molecule has 1 fully saturated rings. The van der Waals surface area contributed by atoms with Gasteiger partial charge in [-0.05, 0) is 29.8 Å². The maximum Gasteiger partial charge on any atom is 0.433 e. The normalized spacial score (nSPS) is 14.3. The first kappa shape index (κ1) is 23.1. The molecule has 1 aromatic carbocycles. The van der Waals surface area contributed by atoms with E-state index in [2.05, 4.69) is 15.3 Å². The van der Waals surface area contributed by atoms with E-state index in [1.54, 1.807) is 41.3 Å². The molecule has 3 heterocycles. The van der Waals surface area contributed by atoms with Crippen molar-refractivity contribution in [1.29, 1.82) is 0 Å². The summed E-state index contributed by atoms with van der Waals surface area (Å²) < 4.78 is 50.5. The number of furan rings is 1. The molecule has 2 aromatic heterocycles. The molecule has 1 amide bonds. The number of carbonyl (C=O) groups excluding carboxylic acids is 1. The smallest absolute Gasteiger partial charge is 0.433 e. The van der Waals surface area contributed by atoms with Gasteiger partial charge in [0.05, 0.1) is 26.0 Å². The summed E-state index contributed by atoms with van der Waals surface area (Å²) in [6.45, 7) is 2.11. The van der Waals surface area contributed by atoms with E-state index in [0.717, 1.165) is 23.4 Å². The number of thioether (sulfide) groups is 1. The highest BCUT2D eigenvalue weighted by Gasteiger charge is 2.34. The van der Waals surface area contributed by atoms with Crippen LogP contribution in [-0.4, -0.2) is 42.2 Å². The van der Waals surface area contributed by atoms with Gasteiger partial charge < -0.3 is 19.4 Å². The van der Waals surface area contributed by atoms with E-state index in [-0.39, 0.29) is 23.4 Å². The fourth-order valence-corrected chi connectivity index (χ4v) is 3.97. The van der Waals surface area contributed by atoms with Gasteiger partial charge in [-0.2, -0.15) is 13.2 Å². The Hall–Kier alpha value is -3.05. The monoisotopic (exact) mass is 478 g/mol. The van der Waals surface area contributed by atoms with Crippen molar-refractivity contribution in [1.82, 2.24) is 15.3 Å². The minimum Gasteiger partial charge on any atom is -0.467 e. The molecule has 0 spiro atoms. The molecule has 1 saturated heterocycles. The van der Waals surface area contributed by atoms with E-state index in [1.807, 2.05) is 0 Å². The topological polar surface area (TPSA) is 80.5 Å². The zero-order chi connectivity index (χ0) is 23.3. The molecule has 4 rings (SSSR count). The van der Waals surface area contributed by atoms with Crippen LogP contribution < -0.4 is 10.2 Å². The van der Waals surface area contributed by atoms with Crippen LogP contribution in [0.15, 0.2) is 58.3 Å². The van der Waals surface area contributed by atoms with Gasteiger partial charge >= 0.3 is 6.18 Å². The minimum absolute atomic E-state index is 0.0478. The number of aromatic nitrogens is 2. The molecule has 0 saturated carbocycles. The zero-order valence-corrected chi connectivity index (χ0v) is 18.3. The number of nitrogens with zero attached hydrogens (tertiary/aromatic N) is 3. The molecule has 1 aliphatic rings. The van der Waals surface area contributed by atoms with Crippen LogP contribution in [0.4, 0.5) is 19.0 Å².